The van der Waals surface area contributed by atoms with Crippen LogP contribution in [0.15, 0.2) is 48.5 Å². The number of benzene rings is 2. The molecule has 3 amide bonds. The van der Waals surface area contributed by atoms with E-state index in [1.807, 2.05) is 13.0 Å². The molecule has 1 saturated carbocycles. The Balaban J connectivity index is 1.44. The number of hydrogen-bond donors (Lipinski definition) is 3. The molecule has 0 heterocycles. The van der Waals surface area contributed by atoms with Crippen LogP contribution in [-0.2, 0) is 16.0 Å². The van der Waals surface area contributed by atoms with Crippen LogP contribution in [0.1, 0.15) is 36.9 Å². The number of ether oxygens (including phenoxy) is 1. The van der Waals surface area contributed by atoms with Gasteiger partial charge < -0.3 is 20.7 Å². The van der Waals surface area contributed by atoms with Gasteiger partial charge in [-0.1, -0.05) is 30.3 Å². The van der Waals surface area contributed by atoms with Gasteiger partial charge in [0.1, 0.15) is 5.82 Å². The number of halogens is 1. The summed E-state index contributed by atoms with van der Waals surface area (Å²) in [5.74, 6) is 0.00306. The van der Waals surface area contributed by atoms with Gasteiger partial charge in [0, 0.05) is 18.8 Å². The number of rotatable bonds is 10. The van der Waals surface area contributed by atoms with Crippen LogP contribution in [0.25, 0.3) is 0 Å². The Morgan fingerprint density at radius 3 is 2.73 bits per heavy atom. The number of amides is 3. The summed E-state index contributed by atoms with van der Waals surface area (Å²) >= 11 is 0. The number of urea groups is 1. The first-order valence-corrected chi connectivity index (χ1v) is 10.3. The minimum atomic E-state index is -0.400. The third-order valence-corrected chi connectivity index (χ3v) is 4.91. The number of hydrogen-bond acceptors (Lipinski definition) is 3. The highest BCUT2D eigenvalue weighted by molar-refractivity contribution is 5.92. The molecule has 0 spiro atoms. The summed E-state index contributed by atoms with van der Waals surface area (Å²) < 4.78 is 19.2. The molecular formula is C23H28FN3O3. The lowest BCUT2D eigenvalue weighted by Gasteiger charge is -2.16. The average Bonchev–Trinajstić information content (AvgIpc) is 3.54. The van der Waals surface area contributed by atoms with E-state index in [4.69, 9.17) is 4.74 Å². The number of nitrogens with one attached hydrogen (secondary N) is 3. The van der Waals surface area contributed by atoms with E-state index in [-0.39, 0.29) is 24.4 Å². The van der Waals surface area contributed by atoms with Crippen molar-refractivity contribution in [2.75, 3.05) is 25.1 Å². The molecule has 30 heavy (non-hydrogen) atoms. The Bertz CT molecular complexity index is 870. The second-order valence-electron chi connectivity index (χ2n) is 7.58. The van der Waals surface area contributed by atoms with E-state index in [2.05, 4.69) is 16.0 Å². The fraction of sp³-hybridized carbons (Fsp3) is 0.391. The second-order valence-corrected chi connectivity index (χ2v) is 7.58. The van der Waals surface area contributed by atoms with Crippen molar-refractivity contribution < 1.29 is 18.7 Å². The summed E-state index contributed by atoms with van der Waals surface area (Å²) in [7, 11) is 0. The molecule has 7 heteroatoms. The third kappa shape index (κ3) is 7.15. The molecule has 160 valence electrons. The van der Waals surface area contributed by atoms with E-state index in [1.54, 1.807) is 36.4 Å². The summed E-state index contributed by atoms with van der Waals surface area (Å²) in [4.78, 5) is 24.3. The molecule has 3 N–H and O–H groups in total. The zero-order chi connectivity index (χ0) is 21.3. The van der Waals surface area contributed by atoms with Gasteiger partial charge in [-0.2, -0.15) is 0 Å². The zero-order valence-corrected chi connectivity index (χ0v) is 17.1. The molecule has 0 aliphatic heterocycles. The van der Waals surface area contributed by atoms with Crippen molar-refractivity contribution in [3.63, 3.8) is 0 Å². The SMILES string of the molecule is CC(NC(=O)NCCOCC1CC1)c1cccc(NC(=O)Cc2ccccc2F)c1. The van der Waals surface area contributed by atoms with Crippen molar-refractivity contribution in [1.29, 1.82) is 0 Å². The summed E-state index contributed by atoms with van der Waals surface area (Å²) in [5.41, 5.74) is 1.79. The van der Waals surface area contributed by atoms with Gasteiger partial charge in [-0.15, -0.1) is 0 Å². The van der Waals surface area contributed by atoms with Crippen molar-refractivity contribution in [2.45, 2.75) is 32.2 Å². The second kappa shape index (κ2) is 10.7. The van der Waals surface area contributed by atoms with E-state index in [0.29, 0.717) is 30.3 Å². The summed E-state index contributed by atoms with van der Waals surface area (Å²) in [6.07, 6.45) is 2.44. The Hall–Kier alpha value is -2.93. The van der Waals surface area contributed by atoms with Gasteiger partial charge in [0.15, 0.2) is 0 Å². The van der Waals surface area contributed by atoms with Crippen LogP contribution in [0, 0.1) is 11.7 Å². The van der Waals surface area contributed by atoms with E-state index in [9.17, 15) is 14.0 Å². The highest BCUT2D eigenvalue weighted by Gasteiger charge is 2.21. The topological polar surface area (TPSA) is 79.5 Å². The zero-order valence-electron chi connectivity index (χ0n) is 17.1. The molecule has 2 aromatic carbocycles. The van der Waals surface area contributed by atoms with Crippen LogP contribution in [0.2, 0.25) is 0 Å². The van der Waals surface area contributed by atoms with Gasteiger partial charge in [0.2, 0.25) is 5.91 Å². The maximum absolute atomic E-state index is 13.7. The van der Waals surface area contributed by atoms with Crippen LogP contribution >= 0.6 is 0 Å². The molecule has 6 nitrogen and oxygen atoms in total. The summed E-state index contributed by atoms with van der Waals surface area (Å²) in [6.45, 7) is 3.60. The van der Waals surface area contributed by atoms with Crippen molar-refractivity contribution in [3.05, 3.63) is 65.5 Å². The van der Waals surface area contributed by atoms with Crippen molar-refractivity contribution >= 4 is 17.6 Å². The molecule has 0 bridgehead atoms. The molecule has 1 aliphatic rings. The van der Waals surface area contributed by atoms with Crippen molar-refractivity contribution in [1.82, 2.24) is 10.6 Å². The van der Waals surface area contributed by atoms with Crippen LogP contribution in [-0.4, -0.2) is 31.7 Å². The molecule has 1 atom stereocenters. The first-order chi connectivity index (χ1) is 14.5. The van der Waals surface area contributed by atoms with Gasteiger partial charge in [-0.05, 0) is 55.0 Å². The molecule has 2 aromatic rings. The van der Waals surface area contributed by atoms with Gasteiger partial charge >= 0.3 is 6.03 Å². The lowest BCUT2D eigenvalue weighted by atomic mass is 10.1. The molecule has 1 fully saturated rings. The predicted octanol–water partition coefficient (Wildman–Crippen LogP) is 3.79. The minimum absolute atomic E-state index is 0.0457. The lowest BCUT2D eigenvalue weighted by molar-refractivity contribution is -0.115. The lowest BCUT2D eigenvalue weighted by Crippen LogP contribution is -2.38. The van der Waals surface area contributed by atoms with Crippen LogP contribution in [0.5, 0.6) is 0 Å². The average molecular weight is 413 g/mol. The standard InChI is InChI=1S/C23H28FN3O3/c1-16(26-23(29)25-11-12-30-15-17-9-10-17)18-6-4-7-20(13-18)27-22(28)14-19-5-2-3-8-21(19)24/h2-8,13,16-17H,9-12,14-15H2,1H3,(H,27,28)(H2,25,26,29). The van der Waals surface area contributed by atoms with Gasteiger partial charge in [-0.3, -0.25) is 4.79 Å². The normalized spacial score (nSPS) is 14.1. The van der Waals surface area contributed by atoms with Crippen LogP contribution in [0.4, 0.5) is 14.9 Å². The Kier molecular flexibility index (Phi) is 7.79. The Morgan fingerprint density at radius 1 is 1.17 bits per heavy atom. The van der Waals surface area contributed by atoms with Crippen LogP contribution < -0.4 is 16.0 Å². The molecule has 0 aromatic heterocycles. The quantitative estimate of drug-likeness (QED) is 0.519. The molecule has 1 aliphatic carbocycles. The third-order valence-electron chi connectivity index (χ3n) is 4.91. The van der Waals surface area contributed by atoms with Crippen molar-refractivity contribution in [2.24, 2.45) is 5.92 Å². The predicted molar refractivity (Wildman–Crippen MR) is 114 cm³/mol. The van der Waals surface area contributed by atoms with Gasteiger partial charge in [-0.25, -0.2) is 9.18 Å². The molecule has 0 radical (unpaired) electrons. The maximum atomic E-state index is 13.7. The largest absolute Gasteiger partial charge is 0.379 e. The highest BCUT2D eigenvalue weighted by atomic mass is 19.1. The molecule has 3 rings (SSSR count). The summed E-state index contributed by atoms with van der Waals surface area (Å²) in [6, 6.07) is 12.9. The Labute approximate surface area is 176 Å². The van der Waals surface area contributed by atoms with E-state index < -0.39 is 5.82 Å². The fourth-order valence-electron chi connectivity index (χ4n) is 3.01. The highest BCUT2D eigenvalue weighted by Crippen LogP contribution is 2.28. The smallest absolute Gasteiger partial charge is 0.315 e. The monoisotopic (exact) mass is 413 g/mol. The van der Waals surface area contributed by atoms with E-state index in [0.717, 1.165) is 12.2 Å². The van der Waals surface area contributed by atoms with E-state index >= 15 is 0 Å². The van der Waals surface area contributed by atoms with Crippen LogP contribution in [0.3, 0.4) is 0 Å². The van der Waals surface area contributed by atoms with Crippen molar-refractivity contribution in [3.8, 4) is 0 Å². The van der Waals surface area contributed by atoms with Gasteiger partial charge in [0.25, 0.3) is 0 Å². The van der Waals surface area contributed by atoms with Gasteiger partial charge in [0.05, 0.1) is 19.1 Å². The first kappa shape index (κ1) is 21.8. The van der Waals surface area contributed by atoms with E-state index in [1.165, 1.54) is 18.9 Å². The minimum Gasteiger partial charge on any atom is -0.379 e. The molecule has 1 unspecified atom stereocenters. The fourth-order valence-corrected chi connectivity index (χ4v) is 3.01. The maximum Gasteiger partial charge on any atom is 0.315 e. The number of carbonyl (C=O) groups is 2. The number of anilines is 1. The number of carbonyl (C=O) groups excluding carboxylic acids is 2. The first-order valence-electron chi connectivity index (χ1n) is 10.3. The summed E-state index contributed by atoms with van der Waals surface area (Å²) in [5, 5.41) is 8.42. The Morgan fingerprint density at radius 2 is 1.97 bits per heavy atom. The molecule has 0 saturated heterocycles. The molecular weight excluding hydrogens is 385 g/mol.